The van der Waals surface area contributed by atoms with Gasteiger partial charge in [-0.05, 0) is 62.7 Å². The van der Waals surface area contributed by atoms with E-state index in [2.05, 4.69) is 80.8 Å². The first-order valence-corrected chi connectivity index (χ1v) is 19.1. The predicted molar refractivity (Wildman–Crippen MR) is 157 cm³/mol. The largest absolute Gasteiger partial charge is 0.255 e. The topological polar surface area (TPSA) is 37.0 Å². The van der Waals surface area contributed by atoms with Gasteiger partial charge in [-0.3, -0.25) is 10.2 Å². The van der Waals surface area contributed by atoms with E-state index in [9.17, 15) is 0 Å². The molecule has 0 atom stereocenters. The van der Waals surface area contributed by atoms with Gasteiger partial charge in [0.25, 0.3) is 0 Å². The third-order valence-electron chi connectivity index (χ3n) is 7.91. The van der Waals surface area contributed by atoms with E-state index in [1.807, 2.05) is 0 Å². The Morgan fingerprint density at radius 2 is 0.806 bits per heavy atom. The molecule has 0 aromatic heterocycles. The Morgan fingerprint density at radius 1 is 0.528 bits per heavy atom. The van der Waals surface area contributed by atoms with Gasteiger partial charge in [0.15, 0.2) is 0 Å². The second-order valence-electron chi connectivity index (χ2n) is 10.6. The molecular weight excluding hydrogens is 600 g/mol. The summed E-state index contributed by atoms with van der Waals surface area (Å²) in [5.41, 5.74) is 2.38. The molecule has 4 aliphatic rings. The zero-order valence-corrected chi connectivity index (χ0v) is 26.2. The molecule has 4 saturated heterocycles. The van der Waals surface area contributed by atoms with Crippen molar-refractivity contribution in [1.29, 1.82) is 0 Å². The van der Waals surface area contributed by atoms with Gasteiger partial charge >= 0.3 is 27.7 Å². The minimum atomic E-state index is -0.938. The van der Waals surface area contributed by atoms with Crippen molar-refractivity contribution in [3.63, 3.8) is 0 Å². The molecule has 0 saturated carbocycles. The Balaban J connectivity index is 0.00000148. The molecule has 0 spiro atoms. The van der Waals surface area contributed by atoms with Crippen molar-refractivity contribution in [3.8, 4) is 0 Å². The summed E-state index contributed by atoms with van der Waals surface area (Å²) in [6.45, 7) is 10.1. The first kappa shape index (κ1) is 29.5. The van der Waals surface area contributed by atoms with E-state index < -0.39 is 16.7 Å². The summed E-state index contributed by atoms with van der Waals surface area (Å²) in [5, 5.41) is 8.07. The van der Waals surface area contributed by atoms with E-state index in [1.54, 1.807) is 0 Å². The Labute approximate surface area is 237 Å². The standard InChI is InChI=1S/C26H45N6P2.ClH.Pd/c1-5-16-29(17-6-1)33(30-18-7-2-8-19-30)27-25-14-13-15-26(24-25)28-34(31-20-9-3-10-21-31)32-22-11-4-12-23-32;;/h13-15,27-28H,1-12,16-23H2;1H;/q-1;;+2/p+1. The van der Waals surface area contributed by atoms with E-state index in [-0.39, 0.29) is 0 Å². The zero-order chi connectivity index (χ0) is 25.0. The molecule has 0 aliphatic carbocycles. The SMILES string of the molecule is [Cl][Pd+].[c-]1c(N[PH+](N2CCCCC2)N2CCCCC2)cccc1N[PH+](N1CCCCC1)N1CCCCC1. The Kier molecular flexibility index (Phi) is 13.5. The molecule has 36 heavy (non-hydrogen) atoms. The van der Waals surface area contributed by atoms with Gasteiger partial charge in [0.05, 0.1) is 0 Å². The van der Waals surface area contributed by atoms with Gasteiger partial charge in [0.1, 0.15) is 0 Å². The molecule has 5 rings (SSSR count). The van der Waals surface area contributed by atoms with Gasteiger partial charge in [-0.1, -0.05) is 25.7 Å². The average molecular weight is 648 g/mol. The summed E-state index contributed by atoms with van der Waals surface area (Å²) in [5.74, 6) is 0. The number of nitrogens with zero attached hydrogens (tertiary/aromatic N) is 4. The maximum absolute atomic E-state index is 4.49. The van der Waals surface area contributed by atoms with Crippen LogP contribution in [0.5, 0.6) is 0 Å². The maximum atomic E-state index is 4.49. The van der Waals surface area contributed by atoms with Crippen LogP contribution < -0.4 is 10.2 Å². The van der Waals surface area contributed by atoms with Crippen LogP contribution in [0.3, 0.4) is 0 Å². The molecule has 0 bridgehead atoms. The van der Waals surface area contributed by atoms with Gasteiger partial charge in [-0.15, -0.1) is 36.9 Å². The molecule has 4 fully saturated rings. The number of hydrogen-bond acceptors (Lipinski definition) is 6. The van der Waals surface area contributed by atoms with E-state index >= 15 is 0 Å². The van der Waals surface area contributed by atoms with Crippen molar-refractivity contribution < 1.29 is 18.2 Å². The van der Waals surface area contributed by atoms with E-state index in [4.69, 9.17) is 0 Å². The quantitative estimate of drug-likeness (QED) is 0.183. The number of piperidine rings is 4. The zero-order valence-electron chi connectivity index (χ0n) is 21.9. The molecule has 4 aliphatic heterocycles. The predicted octanol–water partition coefficient (Wildman–Crippen LogP) is 6.86. The molecular formula is C26H47ClN6P2Pd+2. The minimum absolute atomic E-state index is 0.938. The third kappa shape index (κ3) is 8.74. The van der Waals surface area contributed by atoms with Gasteiger partial charge < -0.3 is 0 Å². The fraction of sp³-hybridized carbons (Fsp3) is 0.769. The molecule has 10 heteroatoms. The maximum Gasteiger partial charge on any atom is 0.232 e. The number of halogens is 1. The summed E-state index contributed by atoms with van der Waals surface area (Å²) in [7, 11) is 2.61. The van der Waals surface area contributed by atoms with Crippen LogP contribution in [0.2, 0.25) is 0 Å². The summed E-state index contributed by atoms with van der Waals surface area (Å²) < 4.78 is 11.1. The molecule has 0 amide bonds. The van der Waals surface area contributed by atoms with Crippen LogP contribution in [0.1, 0.15) is 77.0 Å². The van der Waals surface area contributed by atoms with Crippen molar-refractivity contribution in [1.82, 2.24) is 18.7 Å². The minimum Gasteiger partial charge on any atom is -0.255 e. The van der Waals surface area contributed by atoms with Gasteiger partial charge in [-0.2, -0.15) is 6.07 Å². The molecule has 2 N–H and O–H groups in total. The van der Waals surface area contributed by atoms with Crippen molar-refractivity contribution in [2.45, 2.75) is 77.0 Å². The monoisotopic (exact) mass is 646 g/mol. The van der Waals surface area contributed by atoms with Crippen molar-refractivity contribution >= 4 is 37.7 Å². The van der Waals surface area contributed by atoms with Gasteiger partial charge in [0.2, 0.25) is 16.7 Å². The number of hydrogen-bond donors (Lipinski definition) is 2. The molecule has 1 aromatic carbocycles. The molecule has 0 unspecified atom stereocenters. The number of rotatable bonds is 8. The van der Waals surface area contributed by atoms with Crippen LogP contribution in [-0.2, 0) is 18.2 Å². The van der Waals surface area contributed by atoms with Crippen LogP contribution in [-0.4, -0.2) is 71.0 Å². The molecule has 4 heterocycles. The molecule has 1 aromatic rings. The van der Waals surface area contributed by atoms with Crippen LogP contribution in [0.4, 0.5) is 11.4 Å². The summed E-state index contributed by atoms with van der Waals surface area (Å²) in [6, 6.07) is 10.5. The van der Waals surface area contributed by atoms with Crippen molar-refractivity contribution in [2.24, 2.45) is 0 Å². The van der Waals surface area contributed by atoms with E-state index in [0.717, 1.165) is 0 Å². The fourth-order valence-corrected chi connectivity index (χ4v) is 11.2. The second kappa shape index (κ2) is 16.5. The molecule has 6 nitrogen and oxygen atoms in total. The van der Waals surface area contributed by atoms with Crippen LogP contribution in [0, 0.1) is 6.07 Å². The summed E-state index contributed by atoms with van der Waals surface area (Å²) >= 11 is 2.22. The smallest absolute Gasteiger partial charge is 0.232 e. The summed E-state index contributed by atoms with van der Waals surface area (Å²) in [4.78, 5) is 0. The van der Waals surface area contributed by atoms with Gasteiger partial charge in [-0.25, -0.2) is 0 Å². The fourth-order valence-electron chi connectivity index (χ4n) is 5.99. The van der Waals surface area contributed by atoms with Crippen LogP contribution in [0.15, 0.2) is 18.2 Å². The Hall–Kier alpha value is 0.472. The molecule has 206 valence electrons. The van der Waals surface area contributed by atoms with E-state index in [0.29, 0.717) is 0 Å². The van der Waals surface area contributed by atoms with Gasteiger partial charge in [0, 0.05) is 52.4 Å². The normalized spacial score (nSPS) is 23.4. The number of anilines is 2. The Bertz CT molecular complexity index is 648. The first-order chi connectivity index (χ1) is 17.9. The first-order valence-electron chi connectivity index (χ1n) is 14.3. The number of benzene rings is 1. The summed E-state index contributed by atoms with van der Waals surface area (Å²) in [6.07, 6.45) is 16.4. The van der Waals surface area contributed by atoms with Crippen molar-refractivity contribution in [2.75, 3.05) is 62.5 Å². The second-order valence-corrected chi connectivity index (χ2v) is 14.9. The van der Waals surface area contributed by atoms with E-state index in [1.165, 1.54) is 141 Å². The van der Waals surface area contributed by atoms with Crippen molar-refractivity contribution in [3.05, 3.63) is 24.3 Å². The Morgan fingerprint density at radius 3 is 1.08 bits per heavy atom. The van der Waals surface area contributed by atoms with Crippen LogP contribution >= 0.6 is 26.3 Å². The average Bonchev–Trinajstić information content (AvgIpc) is 2.98. The van der Waals surface area contributed by atoms with Crippen LogP contribution in [0.25, 0.3) is 0 Å². The molecule has 0 radical (unpaired) electrons. The number of nitrogens with one attached hydrogen (secondary N) is 2. The third-order valence-corrected chi connectivity index (χ3v) is 13.1.